The minimum Gasteiger partial charge on any atom is -0.467 e. The van der Waals surface area contributed by atoms with Gasteiger partial charge in [0.05, 0.1) is 19.3 Å². The van der Waals surface area contributed by atoms with Gasteiger partial charge in [-0.25, -0.2) is 4.79 Å². The molecule has 0 radical (unpaired) electrons. The Morgan fingerprint density at radius 2 is 1.70 bits per heavy atom. The summed E-state index contributed by atoms with van der Waals surface area (Å²) < 4.78 is 11.5. The van der Waals surface area contributed by atoms with Gasteiger partial charge in [0.2, 0.25) is 0 Å². The summed E-state index contributed by atoms with van der Waals surface area (Å²) >= 11 is 3.37. The Labute approximate surface area is 185 Å². The SMILES string of the molecule is COC(=O)C(NC(=O)c1ccc(CN2CC(C)OC(C)C2)cc1)c1ccc(Br)cc1. The third-order valence-electron chi connectivity index (χ3n) is 5.03. The normalized spacial score (nSPS) is 20.4. The van der Waals surface area contributed by atoms with E-state index >= 15 is 0 Å². The third-order valence-corrected chi connectivity index (χ3v) is 5.56. The first-order valence-electron chi connectivity index (χ1n) is 9.96. The number of halogens is 1. The number of carbonyl (C=O) groups is 2. The highest BCUT2D eigenvalue weighted by molar-refractivity contribution is 9.10. The fourth-order valence-corrected chi connectivity index (χ4v) is 3.96. The summed E-state index contributed by atoms with van der Waals surface area (Å²) in [6.07, 6.45) is 0.431. The fourth-order valence-electron chi connectivity index (χ4n) is 3.70. The highest BCUT2D eigenvalue weighted by Gasteiger charge is 2.25. The summed E-state index contributed by atoms with van der Waals surface area (Å²) in [6.45, 7) is 6.75. The van der Waals surface area contributed by atoms with Crippen molar-refractivity contribution in [2.75, 3.05) is 20.2 Å². The molecule has 1 N–H and O–H groups in total. The van der Waals surface area contributed by atoms with Crippen LogP contribution in [0.25, 0.3) is 0 Å². The van der Waals surface area contributed by atoms with Gasteiger partial charge in [0.1, 0.15) is 0 Å². The molecule has 3 rings (SSSR count). The first-order valence-corrected chi connectivity index (χ1v) is 10.8. The number of amides is 1. The van der Waals surface area contributed by atoms with E-state index in [-0.39, 0.29) is 18.1 Å². The molecule has 3 atom stereocenters. The van der Waals surface area contributed by atoms with Gasteiger partial charge in [-0.1, -0.05) is 40.2 Å². The number of hydrogen-bond acceptors (Lipinski definition) is 5. The molecular weight excluding hydrogens is 448 g/mol. The van der Waals surface area contributed by atoms with Crippen molar-refractivity contribution in [3.63, 3.8) is 0 Å². The van der Waals surface area contributed by atoms with Crippen LogP contribution in [0.4, 0.5) is 0 Å². The number of carbonyl (C=O) groups excluding carboxylic acids is 2. The highest BCUT2D eigenvalue weighted by atomic mass is 79.9. The molecule has 2 aromatic rings. The number of nitrogens with one attached hydrogen (secondary N) is 1. The summed E-state index contributed by atoms with van der Waals surface area (Å²) in [6, 6.07) is 13.8. The van der Waals surface area contributed by atoms with Crippen molar-refractivity contribution in [2.24, 2.45) is 0 Å². The van der Waals surface area contributed by atoms with E-state index in [1.54, 1.807) is 24.3 Å². The van der Waals surface area contributed by atoms with E-state index in [1.165, 1.54) is 7.11 Å². The van der Waals surface area contributed by atoms with Crippen molar-refractivity contribution >= 4 is 27.8 Å². The van der Waals surface area contributed by atoms with E-state index in [2.05, 4.69) is 40.0 Å². The molecule has 3 unspecified atom stereocenters. The average molecular weight is 475 g/mol. The second-order valence-electron chi connectivity index (χ2n) is 7.63. The van der Waals surface area contributed by atoms with Crippen LogP contribution >= 0.6 is 15.9 Å². The third kappa shape index (κ3) is 5.90. The molecule has 0 aromatic heterocycles. The van der Waals surface area contributed by atoms with Gasteiger partial charge in [0, 0.05) is 29.7 Å². The number of benzene rings is 2. The Balaban J connectivity index is 1.66. The highest BCUT2D eigenvalue weighted by Crippen LogP contribution is 2.19. The van der Waals surface area contributed by atoms with Gasteiger partial charge in [0.15, 0.2) is 6.04 Å². The topological polar surface area (TPSA) is 67.9 Å². The summed E-state index contributed by atoms with van der Waals surface area (Å²) in [5.74, 6) is -0.841. The van der Waals surface area contributed by atoms with Crippen LogP contribution in [0.5, 0.6) is 0 Å². The quantitative estimate of drug-likeness (QED) is 0.646. The Kier molecular flexibility index (Phi) is 7.64. The molecule has 160 valence electrons. The standard InChI is InChI=1S/C23H27BrN2O4/c1-15-12-26(13-16(2)30-15)14-17-4-6-19(7-5-17)22(27)25-21(23(28)29-3)18-8-10-20(24)11-9-18/h4-11,15-16,21H,12-14H2,1-3H3,(H,25,27). The minimum absolute atomic E-state index is 0.215. The van der Waals surface area contributed by atoms with Gasteiger partial charge in [-0.15, -0.1) is 0 Å². The maximum atomic E-state index is 12.7. The number of rotatable bonds is 6. The first kappa shape index (κ1) is 22.5. The predicted octanol–water partition coefficient (Wildman–Crippen LogP) is 3.70. The van der Waals surface area contributed by atoms with E-state index in [1.807, 2.05) is 24.3 Å². The maximum Gasteiger partial charge on any atom is 0.333 e. The largest absolute Gasteiger partial charge is 0.467 e. The number of nitrogens with zero attached hydrogens (tertiary/aromatic N) is 1. The number of morpholine rings is 1. The van der Waals surface area contributed by atoms with Gasteiger partial charge < -0.3 is 14.8 Å². The number of ether oxygens (including phenoxy) is 2. The summed E-state index contributed by atoms with van der Waals surface area (Å²) in [4.78, 5) is 27.3. The molecule has 0 spiro atoms. The van der Waals surface area contributed by atoms with Crippen LogP contribution in [0.3, 0.4) is 0 Å². The lowest BCUT2D eigenvalue weighted by Crippen LogP contribution is -2.44. The Bertz CT molecular complexity index is 860. The minimum atomic E-state index is -0.869. The smallest absolute Gasteiger partial charge is 0.333 e. The molecule has 1 fully saturated rings. The lowest BCUT2D eigenvalue weighted by molar-refractivity contribution is -0.143. The number of methoxy groups -OCH3 is 1. The molecule has 0 saturated carbocycles. The van der Waals surface area contributed by atoms with Crippen molar-refractivity contribution in [1.29, 1.82) is 0 Å². The molecule has 7 heteroatoms. The van der Waals surface area contributed by atoms with Gasteiger partial charge in [-0.05, 0) is 49.2 Å². The summed E-state index contributed by atoms with van der Waals surface area (Å²) in [7, 11) is 1.31. The van der Waals surface area contributed by atoms with Gasteiger partial charge in [-0.3, -0.25) is 9.69 Å². The van der Waals surface area contributed by atoms with E-state index in [4.69, 9.17) is 9.47 Å². The van der Waals surface area contributed by atoms with E-state index < -0.39 is 12.0 Å². The van der Waals surface area contributed by atoms with Crippen molar-refractivity contribution in [3.05, 3.63) is 69.7 Å². The fraction of sp³-hybridized carbons (Fsp3) is 0.391. The second kappa shape index (κ2) is 10.2. The number of hydrogen-bond donors (Lipinski definition) is 1. The van der Waals surface area contributed by atoms with Gasteiger partial charge >= 0.3 is 5.97 Å². The molecule has 1 heterocycles. The van der Waals surface area contributed by atoms with E-state index in [9.17, 15) is 9.59 Å². The van der Waals surface area contributed by atoms with Crippen LogP contribution in [0.15, 0.2) is 53.0 Å². The summed E-state index contributed by atoms with van der Waals surface area (Å²) in [5.41, 5.74) is 2.28. The molecule has 0 aliphatic carbocycles. The van der Waals surface area contributed by atoms with Crippen LogP contribution in [0.1, 0.15) is 41.4 Å². The predicted molar refractivity (Wildman–Crippen MR) is 118 cm³/mol. The molecule has 6 nitrogen and oxygen atoms in total. The zero-order valence-corrected chi connectivity index (χ0v) is 19.0. The lowest BCUT2D eigenvalue weighted by Gasteiger charge is -2.35. The van der Waals surface area contributed by atoms with Crippen LogP contribution in [-0.4, -0.2) is 49.2 Å². The van der Waals surface area contributed by atoms with Crippen LogP contribution in [-0.2, 0) is 20.8 Å². The van der Waals surface area contributed by atoms with Crippen LogP contribution < -0.4 is 5.32 Å². The molecule has 30 heavy (non-hydrogen) atoms. The van der Waals surface area contributed by atoms with Crippen molar-refractivity contribution in [3.8, 4) is 0 Å². The average Bonchev–Trinajstić information content (AvgIpc) is 2.72. The van der Waals surface area contributed by atoms with E-state index in [0.29, 0.717) is 11.1 Å². The summed E-state index contributed by atoms with van der Waals surface area (Å²) in [5, 5.41) is 2.78. The Morgan fingerprint density at radius 1 is 1.10 bits per heavy atom. The van der Waals surface area contributed by atoms with Gasteiger partial charge in [0.25, 0.3) is 5.91 Å². The Hall–Kier alpha value is -2.22. The van der Waals surface area contributed by atoms with E-state index in [0.717, 1.165) is 29.7 Å². The molecule has 1 aliphatic heterocycles. The lowest BCUT2D eigenvalue weighted by atomic mass is 10.1. The van der Waals surface area contributed by atoms with Crippen molar-refractivity contribution in [1.82, 2.24) is 10.2 Å². The van der Waals surface area contributed by atoms with Crippen LogP contribution in [0.2, 0.25) is 0 Å². The maximum absolute atomic E-state index is 12.7. The first-order chi connectivity index (χ1) is 14.4. The molecule has 1 aliphatic rings. The van der Waals surface area contributed by atoms with Crippen LogP contribution in [0, 0.1) is 0 Å². The monoisotopic (exact) mass is 474 g/mol. The molecule has 1 saturated heterocycles. The van der Waals surface area contributed by atoms with Crippen molar-refractivity contribution < 1.29 is 19.1 Å². The Morgan fingerprint density at radius 3 is 2.27 bits per heavy atom. The molecule has 2 aromatic carbocycles. The molecular formula is C23H27BrN2O4. The zero-order valence-electron chi connectivity index (χ0n) is 17.4. The van der Waals surface area contributed by atoms with Gasteiger partial charge in [-0.2, -0.15) is 0 Å². The molecule has 1 amide bonds. The molecule has 0 bridgehead atoms. The van der Waals surface area contributed by atoms with Crippen molar-refractivity contribution in [2.45, 2.75) is 38.6 Å². The zero-order chi connectivity index (χ0) is 21.7. The second-order valence-corrected chi connectivity index (χ2v) is 8.55. The number of esters is 1.